The normalized spacial score (nSPS) is 17.2. The van der Waals surface area contributed by atoms with Gasteiger partial charge in [0.25, 0.3) is 11.7 Å². The Kier molecular flexibility index (Phi) is 7.09. The van der Waals surface area contributed by atoms with Crippen molar-refractivity contribution in [2.45, 2.75) is 19.6 Å². The Labute approximate surface area is 199 Å². The molecule has 1 saturated heterocycles. The van der Waals surface area contributed by atoms with Crippen LogP contribution in [0.15, 0.2) is 84.4 Å². The predicted molar refractivity (Wildman–Crippen MR) is 129 cm³/mol. The predicted octanol–water partition coefficient (Wildman–Crippen LogP) is 4.64. The van der Waals surface area contributed by atoms with E-state index in [0.717, 1.165) is 16.7 Å². The van der Waals surface area contributed by atoms with E-state index >= 15 is 0 Å². The van der Waals surface area contributed by atoms with Crippen LogP contribution in [0.4, 0.5) is 0 Å². The fourth-order valence-electron chi connectivity index (χ4n) is 4.12. The van der Waals surface area contributed by atoms with Crippen LogP contribution in [-0.2, 0) is 20.9 Å². The molecule has 1 heterocycles. The topological polar surface area (TPSA) is 76.1 Å². The Morgan fingerprint density at radius 2 is 1.71 bits per heavy atom. The maximum absolute atomic E-state index is 13.0. The van der Waals surface area contributed by atoms with Crippen LogP contribution in [0.25, 0.3) is 5.76 Å². The molecule has 0 aromatic heterocycles. The smallest absolute Gasteiger partial charge is 0.295 e. The number of methoxy groups -OCH3 is 1. The fourth-order valence-corrected chi connectivity index (χ4v) is 4.12. The maximum Gasteiger partial charge on any atom is 0.295 e. The molecule has 0 saturated carbocycles. The van der Waals surface area contributed by atoms with Crippen molar-refractivity contribution >= 4 is 17.4 Å². The molecule has 0 bridgehead atoms. The van der Waals surface area contributed by atoms with Gasteiger partial charge in [0.05, 0.1) is 18.2 Å². The Balaban J connectivity index is 1.62. The van der Waals surface area contributed by atoms with Gasteiger partial charge >= 0.3 is 0 Å². The van der Waals surface area contributed by atoms with Crippen molar-refractivity contribution in [3.8, 4) is 5.75 Å². The monoisotopic (exact) mass is 457 g/mol. The van der Waals surface area contributed by atoms with Gasteiger partial charge in [-0.15, -0.1) is 0 Å². The van der Waals surface area contributed by atoms with Crippen molar-refractivity contribution in [1.29, 1.82) is 0 Å². The quantitative estimate of drug-likeness (QED) is 0.303. The summed E-state index contributed by atoms with van der Waals surface area (Å²) < 4.78 is 11.0. The summed E-state index contributed by atoms with van der Waals surface area (Å²) in [6, 6.07) is 23.5. The molecule has 174 valence electrons. The van der Waals surface area contributed by atoms with Gasteiger partial charge in [-0.05, 0) is 42.3 Å². The van der Waals surface area contributed by atoms with Gasteiger partial charge in [-0.3, -0.25) is 9.59 Å². The lowest BCUT2D eigenvalue weighted by atomic mass is 9.95. The number of ether oxygens (including phenoxy) is 2. The first-order valence-corrected chi connectivity index (χ1v) is 11.1. The van der Waals surface area contributed by atoms with Crippen molar-refractivity contribution in [2.75, 3.05) is 20.3 Å². The maximum atomic E-state index is 13.0. The molecule has 6 nitrogen and oxygen atoms in total. The molecule has 1 atom stereocenters. The molecule has 1 N–H and O–H groups in total. The number of aliphatic hydroxyl groups is 1. The zero-order valence-electron chi connectivity index (χ0n) is 19.2. The first-order chi connectivity index (χ1) is 16.5. The number of amides is 1. The number of benzene rings is 3. The molecule has 0 aliphatic carbocycles. The Hall–Kier alpha value is -3.90. The molecule has 0 spiro atoms. The van der Waals surface area contributed by atoms with E-state index in [0.29, 0.717) is 17.9 Å². The Morgan fingerprint density at radius 1 is 0.971 bits per heavy atom. The summed E-state index contributed by atoms with van der Waals surface area (Å²) in [5.74, 6) is -0.927. The highest BCUT2D eigenvalue weighted by molar-refractivity contribution is 6.46. The number of nitrogens with zero attached hydrogens (tertiary/aromatic N) is 1. The van der Waals surface area contributed by atoms with Gasteiger partial charge in [0.15, 0.2) is 0 Å². The summed E-state index contributed by atoms with van der Waals surface area (Å²) in [7, 11) is 1.54. The number of carbonyl (C=O) groups is 2. The summed E-state index contributed by atoms with van der Waals surface area (Å²) >= 11 is 0. The average molecular weight is 458 g/mol. The summed E-state index contributed by atoms with van der Waals surface area (Å²) in [5.41, 5.74) is 3.48. The fraction of sp³-hybridized carbons (Fsp3) is 0.214. The second-order valence-corrected chi connectivity index (χ2v) is 8.20. The molecule has 1 amide bonds. The van der Waals surface area contributed by atoms with Crippen LogP contribution < -0.4 is 4.74 Å². The van der Waals surface area contributed by atoms with E-state index in [1.54, 1.807) is 24.3 Å². The number of Topliss-reactive ketones (excluding diaryl/α,β-unsaturated/α-hetero) is 1. The summed E-state index contributed by atoms with van der Waals surface area (Å²) in [5, 5.41) is 11.1. The van der Waals surface area contributed by atoms with Crippen molar-refractivity contribution in [1.82, 2.24) is 4.90 Å². The minimum absolute atomic E-state index is 0.0701. The summed E-state index contributed by atoms with van der Waals surface area (Å²) in [4.78, 5) is 27.2. The summed E-state index contributed by atoms with van der Waals surface area (Å²) in [6.07, 6.45) is 0. The molecule has 0 radical (unpaired) electrons. The van der Waals surface area contributed by atoms with Crippen LogP contribution in [0.3, 0.4) is 0 Å². The van der Waals surface area contributed by atoms with E-state index in [4.69, 9.17) is 9.47 Å². The number of hydrogen-bond acceptors (Lipinski definition) is 5. The molecule has 1 fully saturated rings. The Bertz CT molecular complexity index is 1200. The number of aryl methyl sites for hydroxylation is 1. The lowest BCUT2D eigenvalue weighted by Gasteiger charge is -2.25. The van der Waals surface area contributed by atoms with Crippen LogP contribution in [0.5, 0.6) is 5.75 Å². The van der Waals surface area contributed by atoms with Crippen LogP contribution in [0.2, 0.25) is 0 Å². The van der Waals surface area contributed by atoms with Gasteiger partial charge in [-0.2, -0.15) is 0 Å². The van der Waals surface area contributed by atoms with Gasteiger partial charge in [0.1, 0.15) is 18.1 Å². The summed E-state index contributed by atoms with van der Waals surface area (Å²) in [6.45, 7) is 2.97. The first kappa shape index (κ1) is 23.3. The molecular formula is C28H27NO5. The molecule has 3 aromatic carbocycles. The number of hydrogen-bond donors (Lipinski definition) is 1. The second kappa shape index (κ2) is 10.4. The molecule has 34 heavy (non-hydrogen) atoms. The molecular weight excluding hydrogens is 430 g/mol. The molecule has 1 aliphatic rings. The molecule has 1 aliphatic heterocycles. The highest BCUT2D eigenvalue weighted by Gasteiger charge is 2.45. The third-order valence-electron chi connectivity index (χ3n) is 5.81. The highest BCUT2D eigenvalue weighted by Crippen LogP contribution is 2.39. The van der Waals surface area contributed by atoms with Crippen LogP contribution in [-0.4, -0.2) is 42.0 Å². The minimum atomic E-state index is -0.706. The molecule has 4 rings (SSSR count). The molecule has 3 aromatic rings. The lowest BCUT2D eigenvalue weighted by molar-refractivity contribution is -0.140. The zero-order chi connectivity index (χ0) is 24.1. The van der Waals surface area contributed by atoms with Crippen molar-refractivity contribution in [3.05, 3.63) is 107 Å². The standard InChI is InChI=1S/C28H27NO5/c1-19-7-6-8-20(17-19)18-34-23-13-11-22(12-14-23)26(30)24-25(21-9-4-3-5-10-21)29(15-16-33-2)28(32)27(24)31/h3-14,17,25,30H,15-16,18H2,1-2H3. The largest absolute Gasteiger partial charge is 0.507 e. The SMILES string of the molecule is COCCN1C(=O)C(=O)C(=C(O)c2ccc(OCc3cccc(C)c3)cc2)C1c1ccccc1. The lowest BCUT2D eigenvalue weighted by Crippen LogP contribution is -2.32. The van der Waals surface area contributed by atoms with E-state index in [2.05, 4.69) is 6.07 Å². The average Bonchev–Trinajstić information content (AvgIpc) is 3.11. The van der Waals surface area contributed by atoms with E-state index in [1.807, 2.05) is 55.5 Å². The van der Waals surface area contributed by atoms with Gasteiger partial charge in [-0.25, -0.2) is 0 Å². The van der Waals surface area contributed by atoms with Crippen molar-refractivity contribution in [3.63, 3.8) is 0 Å². The second-order valence-electron chi connectivity index (χ2n) is 8.20. The van der Waals surface area contributed by atoms with Crippen molar-refractivity contribution in [2.24, 2.45) is 0 Å². The van der Waals surface area contributed by atoms with Crippen LogP contribution >= 0.6 is 0 Å². The van der Waals surface area contributed by atoms with Gasteiger partial charge < -0.3 is 19.5 Å². The van der Waals surface area contributed by atoms with E-state index in [-0.39, 0.29) is 24.5 Å². The van der Waals surface area contributed by atoms with E-state index in [9.17, 15) is 14.7 Å². The van der Waals surface area contributed by atoms with Gasteiger partial charge in [0.2, 0.25) is 0 Å². The van der Waals surface area contributed by atoms with Crippen molar-refractivity contribution < 1.29 is 24.2 Å². The zero-order valence-corrected chi connectivity index (χ0v) is 19.2. The van der Waals surface area contributed by atoms with Crippen LogP contribution in [0.1, 0.15) is 28.3 Å². The van der Waals surface area contributed by atoms with Gasteiger partial charge in [0, 0.05) is 19.2 Å². The molecule has 1 unspecified atom stereocenters. The number of likely N-dealkylation sites (tertiary alicyclic amines) is 1. The number of carbonyl (C=O) groups excluding carboxylic acids is 2. The third-order valence-corrected chi connectivity index (χ3v) is 5.81. The number of aliphatic hydroxyl groups excluding tert-OH is 1. The molecule has 6 heteroatoms. The minimum Gasteiger partial charge on any atom is -0.507 e. The third kappa shape index (κ3) is 4.87. The number of rotatable bonds is 8. The van der Waals surface area contributed by atoms with Gasteiger partial charge in [-0.1, -0.05) is 60.2 Å². The first-order valence-electron chi connectivity index (χ1n) is 11.1. The van der Waals surface area contributed by atoms with E-state index < -0.39 is 17.7 Å². The van der Waals surface area contributed by atoms with Crippen LogP contribution in [0, 0.1) is 6.92 Å². The highest BCUT2D eigenvalue weighted by atomic mass is 16.5. The Morgan fingerprint density at radius 3 is 2.38 bits per heavy atom. The van der Waals surface area contributed by atoms with E-state index in [1.165, 1.54) is 12.0 Å². The number of ketones is 1.